The molecule has 2 aliphatic carbocycles. The molecule has 7 aromatic carbocycles. The Morgan fingerprint density at radius 2 is 0.755 bits per heavy atom. The van der Waals surface area contributed by atoms with Crippen molar-refractivity contribution in [2.75, 3.05) is 113 Å². The number of rotatable bonds is 22. The number of piperazine rings is 2. The molecule has 7 aromatic rings. The molecule has 1 amide bonds. The number of fused-ring (bicyclic) bond motifs is 1. The van der Waals surface area contributed by atoms with Crippen LogP contribution < -0.4 is 20.4 Å². The number of carbonyl (C=O) groups excluding carboxylic acids is 1. The average Bonchev–Trinajstić information content (AvgIpc) is 1.66. The Hall–Kier alpha value is -10.6. The van der Waals surface area contributed by atoms with Crippen molar-refractivity contribution in [3.05, 3.63) is 250 Å². The fourth-order valence-electron chi connectivity index (χ4n) is 14.5. The van der Waals surface area contributed by atoms with Crippen LogP contribution in [0, 0.1) is 31.2 Å². The summed E-state index contributed by atoms with van der Waals surface area (Å²) in [5.41, 5.74) is 3.02. The minimum atomic E-state index is -3.68. The van der Waals surface area contributed by atoms with Gasteiger partial charge in [-0.05, 0) is 224 Å². The number of morpholine rings is 1. The highest BCUT2D eigenvalue weighted by atomic mass is 32.2. The quantitative estimate of drug-likeness (QED) is 0.0245. The summed E-state index contributed by atoms with van der Waals surface area (Å²) in [6.45, 7) is 41.4. The van der Waals surface area contributed by atoms with Gasteiger partial charge in [0, 0.05) is 264 Å². The van der Waals surface area contributed by atoms with E-state index in [9.17, 15) is 91.8 Å². The van der Waals surface area contributed by atoms with Crippen LogP contribution in [0.1, 0.15) is 225 Å². The number of sulfonamides is 4. The molecule has 43 heteroatoms. The number of carbonyl (C=O) groups is 1. The Morgan fingerprint density at radius 1 is 0.435 bits per heavy atom. The molecule has 5 heterocycles. The largest absolute Gasteiger partial charge is 0.624 e. The molecule has 14 rings (SSSR count). The van der Waals surface area contributed by atoms with Gasteiger partial charge in [0.05, 0.1) is 64.5 Å². The van der Waals surface area contributed by atoms with Crippen LogP contribution >= 0.6 is 0 Å². The third kappa shape index (κ3) is 36.6. The first-order valence-corrected chi connectivity index (χ1v) is 58.0. The van der Waals surface area contributed by atoms with Gasteiger partial charge in [0.1, 0.15) is 0 Å². The second-order valence-corrected chi connectivity index (χ2v) is 53.6. The number of likely N-dealkylation sites (N-methyl/N-ethyl adjacent to an activating group) is 2. The van der Waals surface area contributed by atoms with E-state index in [0.717, 1.165) is 133 Å². The van der Waals surface area contributed by atoms with Gasteiger partial charge >= 0.3 is 0 Å². The van der Waals surface area contributed by atoms with E-state index in [-0.39, 0.29) is 48.1 Å². The summed E-state index contributed by atoms with van der Waals surface area (Å²) in [6, 6.07) is 41.7. The van der Waals surface area contributed by atoms with Crippen molar-refractivity contribution in [3.63, 3.8) is 0 Å². The number of primary sulfonamides is 1. The molecule has 0 aromatic heterocycles. The van der Waals surface area contributed by atoms with E-state index >= 15 is 0 Å². The lowest BCUT2D eigenvalue weighted by Crippen LogP contribution is -2.47. The predicted molar refractivity (Wildman–Crippen MR) is 575 cm³/mol. The number of nitrogens with one attached hydrogen (secondary N) is 1. The monoisotopic (exact) mass is 2150 g/mol. The first-order valence-electron chi connectivity index (χ1n) is 49.0. The van der Waals surface area contributed by atoms with Gasteiger partial charge in [-0.1, -0.05) is 13.0 Å². The first kappa shape index (κ1) is 122. The smallest absolute Gasteiger partial charge is 0.254 e. The molecule has 0 atom stereocenters. The van der Waals surface area contributed by atoms with Gasteiger partial charge < -0.3 is 55.4 Å². The molecule has 147 heavy (non-hydrogen) atoms. The first-order chi connectivity index (χ1) is 68.3. The zero-order valence-electron chi connectivity index (χ0n) is 88.1. The van der Waals surface area contributed by atoms with Crippen molar-refractivity contribution in [1.82, 2.24) is 33.1 Å². The number of hydrogen-bond acceptors (Lipinski definition) is 26. The maximum atomic E-state index is 12.9. The van der Waals surface area contributed by atoms with Gasteiger partial charge in [-0.15, -0.1) is 0 Å². The summed E-state index contributed by atoms with van der Waals surface area (Å²) in [5, 5.41) is 88.1. The lowest BCUT2D eigenvalue weighted by atomic mass is 10.0. The van der Waals surface area contributed by atoms with Crippen molar-refractivity contribution in [1.29, 1.82) is 0 Å². The van der Waals surface area contributed by atoms with Gasteiger partial charge in [0.15, 0.2) is 90.7 Å². The van der Waals surface area contributed by atoms with E-state index in [1.807, 2.05) is 106 Å². The van der Waals surface area contributed by atoms with Crippen molar-refractivity contribution in [2.45, 2.75) is 256 Å². The summed E-state index contributed by atoms with van der Waals surface area (Å²) in [4.78, 5) is 24.9. The molecule has 0 unspecified atom stereocenters. The summed E-state index contributed by atoms with van der Waals surface area (Å²) >= 11 is 0. The number of nitrogens with zero attached hydrogens (tertiary/aromatic N) is 13. The molecule has 4 N–H and O–H groups in total. The minimum Gasteiger partial charge on any atom is -0.624 e. The van der Waals surface area contributed by atoms with E-state index in [4.69, 9.17) is 14.6 Å². The van der Waals surface area contributed by atoms with E-state index in [0.29, 0.717) is 115 Å². The van der Waals surface area contributed by atoms with E-state index < -0.39 is 87.5 Å². The molecule has 0 bridgehead atoms. The van der Waals surface area contributed by atoms with Crippen molar-refractivity contribution < 1.29 is 98.4 Å². The SMILES string of the molecule is CC(C)(C)/[N+]([O-])=C/c1ccc(S(=O)(=O)C2CC2)cc1.CC(C)(C)/[N+]([O-])=C/c1ccc(S(=O)(=O)N2CCOCC2)cc1.CC(C)(C)/[N+]([O-])=C/c1ccc(S(N)(=O)=O)cc1.CC(C)N(O)C=c1ccc(C(=O)N2CCN(C)CC2)c2c1=NC=C2.CCNS(=O)(=O)c1ccc(/C=[N+](\[O-])C(C)(C)C)cc1.CN1CCN(S(=O)(=O)c2ccc(/C=[N+](\[O-])C(C)(C)C)cc2)CC1.O=S(=O)(c1ccc(/C=[N+](\[O-])C2CCCC2)cc1)C1CCOCC1. The molecule has 37 nitrogen and oxygen atoms in total. The van der Waals surface area contributed by atoms with E-state index in [2.05, 4.69) is 26.6 Å². The highest BCUT2D eigenvalue weighted by Gasteiger charge is 2.38. The molecule has 808 valence electrons. The van der Waals surface area contributed by atoms with Gasteiger partial charge in [-0.3, -0.25) is 20.1 Å². The van der Waals surface area contributed by atoms with Crippen LogP contribution in [0.25, 0.3) is 12.3 Å². The maximum Gasteiger partial charge on any atom is 0.254 e. The molecular weight excluding hydrogens is 2000 g/mol. The number of ether oxygens (including phenoxy) is 2. The molecule has 6 fully saturated rings. The van der Waals surface area contributed by atoms with Crippen LogP contribution in [0.15, 0.2) is 198 Å². The summed E-state index contributed by atoms with van der Waals surface area (Å²) < 4.78 is 166. The predicted octanol–water partition coefficient (Wildman–Crippen LogP) is 10.9. The Morgan fingerprint density at radius 3 is 1.10 bits per heavy atom. The zero-order valence-corrected chi connectivity index (χ0v) is 93.0. The van der Waals surface area contributed by atoms with Crippen LogP contribution in [0.2, 0.25) is 0 Å². The number of hydroxylamine groups is 8. The van der Waals surface area contributed by atoms with Crippen LogP contribution in [0.4, 0.5) is 0 Å². The second kappa shape index (κ2) is 52.2. The number of amides is 1. The van der Waals surface area contributed by atoms with Gasteiger partial charge in [0.2, 0.25) is 40.1 Å². The summed E-state index contributed by atoms with van der Waals surface area (Å²) in [5.74, 6) is 0.0531. The van der Waals surface area contributed by atoms with Crippen molar-refractivity contribution in [3.8, 4) is 0 Å². The Balaban J connectivity index is 0.000000210. The molecular formula is C104H149N15O22S6. The van der Waals surface area contributed by atoms with Crippen LogP contribution in [0.3, 0.4) is 0 Å². The topological polar surface area (TPSA) is 487 Å². The minimum absolute atomic E-state index is 0.0262. The summed E-state index contributed by atoms with van der Waals surface area (Å²) in [6.07, 6.45) is 20.8. The molecule has 7 aliphatic rings. The normalized spacial score (nSPS) is 17.7. The Labute approximate surface area is 869 Å². The molecule has 0 radical (unpaired) electrons. The fraction of sp³-hybridized carbons (Fsp3) is 0.500. The van der Waals surface area contributed by atoms with Crippen molar-refractivity contribution in [2.24, 2.45) is 10.1 Å². The van der Waals surface area contributed by atoms with Gasteiger partial charge in [0.25, 0.3) is 5.91 Å². The van der Waals surface area contributed by atoms with E-state index in [1.54, 1.807) is 164 Å². The number of nitrogens with two attached hydrogens (primary N) is 1. The Kier molecular flexibility index (Phi) is 43.2. The average molecular weight is 2150 g/mol. The maximum absolute atomic E-state index is 12.9. The third-order valence-corrected chi connectivity index (χ3v) is 35.2. The number of hydrogen-bond donors (Lipinski definition) is 3. The molecule has 4 saturated heterocycles. The van der Waals surface area contributed by atoms with Gasteiger partial charge in [-0.2, -0.15) is 8.61 Å². The standard InChI is InChI=1S/C18H24N4O2.C17H23NO4S.C16H25N3O3S.C15H22N2O4S.C14H19NO3S.C13H20N2O3S.C11H16N2O3S/c1-13(2)22(24)12-14-4-5-16(15-6-7-19-17(14)15)18(23)21-10-8-20(3)9-11-21;19-18(15-3-1-2-4-15)13-14-5-7-16(8-6-14)23(20,21)17-9-11-22-12-10-17;1-16(2,3)19(20)13-14-5-7-15(8-6-14)23(21,22)18-11-9-17(4)10-12-18;1-15(2,3)17(18)12-13-4-6-14(7-5-13)22(19,20)16-8-10-21-11-9-16;1-14(2,3)15(16)10-11-4-6-12(7-5-11)19(17,18)13-8-9-13;1-5-14-19(17,18)12-8-6-11(7-9-12)10-15(16)13(2,3)4;1-11(2,3)13(14)8-9-4-6-10(7-5-9)17(12,15)16/h4-7,12-13,24H,8-11H2,1-3H3;5-8,13,15,17H,1-4,9-12H2;5-8,13H,9-12H2,1-4H3;4-7,12H,8-11H2,1-3H3;4-7,10,13H,8-9H2,1-3H3;6-10,14H,5H2,1-4H3;4-8H,1-3H3,(H2,12,15,16)/b;18-13-;19-13-;17-12-;2*15-10-;13-8-. The lowest BCUT2D eigenvalue weighted by molar-refractivity contribution is -0.530. The highest BCUT2D eigenvalue weighted by molar-refractivity contribution is 7.92. The zero-order chi connectivity index (χ0) is 109. The molecule has 5 aliphatic heterocycles. The summed E-state index contributed by atoms with van der Waals surface area (Å²) in [7, 11) is -16.5. The second-order valence-electron chi connectivity index (χ2n) is 41.9. The van der Waals surface area contributed by atoms with Crippen molar-refractivity contribution >= 4 is 115 Å². The Bertz CT molecular complexity index is 6680. The number of benzene rings is 7. The number of sulfone groups is 2. The lowest BCUT2D eigenvalue weighted by Gasteiger charge is -2.32. The molecule has 2 saturated carbocycles. The van der Waals surface area contributed by atoms with E-state index in [1.165, 1.54) is 88.2 Å². The highest BCUT2D eigenvalue weighted by Crippen LogP contribution is 2.34. The van der Waals surface area contributed by atoms with Crippen LogP contribution in [0.5, 0.6) is 0 Å². The molecule has 0 spiro atoms. The van der Waals surface area contributed by atoms with Gasteiger partial charge in [-0.25, -0.2) is 88.8 Å². The fourth-order valence-corrected chi connectivity index (χ4v) is 22.3. The van der Waals surface area contributed by atoms with Crippen LogP contribution in [-0.2, 0) is 69.2 Å². The van der Waals surface area contributed by atoms with Crippen LogP contribution in [-0.4, -0.2) is 319 Å². The third-order valence-electron chi connectivity index (χ3n) is 24.3.